The molecule has 0 saturated heterocycles. The molecule has 1 amide bonds. The molecule has 11 heavy (non-hydrogen) atoms. The third kappa shape index (κ3) is 1.85. The van der Waals surface area contributed by atoms with Gasteiger partial charge in [-0.25, -0.2) is 0 Å². The molecule has 0 aromatic carbocycles. The highest BCUT2D eigenvalue weighted by molar-refractivity contribution is 5.82. The maximum Gasteiger partial charge on any atom is 0.402 e. The molecule has 0 rings (SSSR count). The Bertz CT molecular complexity index is 162. The minimum Gasteiger partial charge on any atom is -0.358 e. The average molecular weight is 169 g/mol. The van der Waals surface area contributed by atoms with Gasteiger partial charge in [0.1, 0.15) is 5.41 Å². The van der Waals surface area contributed by atoms with Crippen LogP contribution in [0.3, 0.4) is 0 Å². The fraction of sp³-hybridized carbons (Fsp3) is 0.833. The van der Waals surface area contributed by atoms with Crippen molar-refractivity contribution in [2.24, 2.45) is 5.41 Å². The van der Waals surface area contributed by atoms with Crippen LogP contribution in [-0.2, 0) is 4.79 Å². The molecular formula is C6H10F3NO. The quantitative estimate of drug-likeness (QED) is 0.630. The number of amides is 1. The van der Waals surface area contributed by atoms with E-state index < -0.39 is 17.5 Å². The molecule has 0 aromatic rings. The number of alkyl halides is 3. The molecule has 0 aliphatic carbocycles. The summed E-state index contributed by atoms with van der Waals surface area (Å²) in [6, 6.07) is 0. The van der Waals surface area contributed by atoms with Crippen LogP contribution in [0.2, 0.25) is 0 Å². The van der Waals surface area contributed by atoms with Crippen LogP contribution in [-0.4, -0.2) is 19.1 Å². The first-order chi connectivity index (χ1) is 4.73. The van der Waals surface area contributed by atoms with Gasteiger partial charge in [0.15, 0.2) is 0 Å². The van der Waals surface area contributed by atoms with Crippen molar-refractivity contribution in [2.45, 2.75) is 20.0 Å². The Morgan fingerprint density at radius 1 is 1.27 bits per heavy atom. The lowest BCUT2D eigenvalue weighted by Crippen LogP contribution is -2.45. The van der Waals surface area contributed by atoms with Crippen LogP contribution in [0.15, 0.2) is 0 Å². The molecule has 0 aliphatic heterocycles. The van der Waals surface area contributed by atoms with Crippen molar-refractivity contribution < 1.29 is 18.0 Å². The van der Waals surface area contributed by atoms with Crippen molar-refractivity contribution in [3.05, 3.63) is 0 Å². The Morgan fingerprint density at radius 3 is 1.73 bits per heavy atom. The number of carbonyl (C=O) groups is 1. The summed E-state index contributed by atoms with van der Waals surface area (Å²) in [6.45, 7) is 1.68. The number of hydrogen-bond donors (Lipinski definition) is 1. The second-order valence-electron chi connectivity index (χ2n) is 2.70. The Labute approximate surface area is 62.8 Å². The topological polar surface area (TPSA) is 29.1 Å². The van der Waals surface area contributed by atoms with Gasteiger partial charge >= 0.3 is 6.18 Å². The summed E-state index contributed by atoms with van der Waals surface area (Å²) >= 11 is 0. The summed E-state index contributed by atoms with van der Waals surface area (Å²) in [5.41, 5.74) is -2.30. The first-order valence-corrected chi connectivity index (χ1v) is 3.02. The van der Waals surface area contributed by atoms with Crippen molar-refractivity contribution in [3.63, 3.8) is 0 Å². The van der Waals surface area contributed by atoms with E-state index in [0.717, 1.165) is 13.8 Å². The molecule has 0 aromatic heterocycles. The zero-order valence-corrected chi connectivity index (χ0v) is 6.54. The van der Waals surface area contributed by atoms with E-state index in [2.05, 4.69) is 0 Å². The SMILES string of the molecule is CNC(=O)C(C)(C)C(F)(F)F. The van der Waals surface area contributed by atoms with E-state index in [1.165, 1.54) is 7.05 Å². The standard InChI is InChI=1S/C6H10F3NO/c1-5(2,4(11)10-3)6(7,8)9/h1-3H3,(H,10,11). The Balaban J connectivity index is 4.59. The maximum atomic E-state index is 12.0. The first-order valence-electron chi connectivity index (χ1n) is 3.02. The zero-order chi connectivity index (χ0) is 9.28. The van der Waals surface area contributed by atoms with Gasteiger partial charge in [-0.2, -0.15) is 13.2 Å². The molecule has 0 spiro atoms. The second kappa shape index (κ2) is 2.71. The van der Waals surface area contributed by atoms with Gasteiger partial charge in [-0.15, -0.1) is 0 Å². The molecular weight excluding hydrogens is 159 g/mol. The molecule has 0 aliphatic rings. The van der Waals surface area contributed by atoms with Crippen LogP contribution < -0.4 is 5.32 Å². The van der Waals surface area contributed by atoms with Crippen LogP contribution in [0, 0.1) is 5.41 Å². The third-order valence-corrected chi connectivity index (χ3v) is 1.50. The van der Waals surface area contributed by atoms with E-state index in [1.54, 1.807) is 0 Å². The van der Waals surface area contributed by atoms with Gasteiger partial charge in [-0.1, -0.05) is 0 Å². The monoisotopic (exact) mass is 169 g/mol. The molecule has 0 saturated carbocycles. The highest BCUT2D eigenvalue weighted by Crippen LogP contribution is 2.37. The molecule has 1 N–H and O–H groups in total. The van der Waals surface area contributed by atoms with E-state index in [-0.39, 0.29) is 0 Å². The molecule has 0 fully saturated rings. The molecule has 0 unspecified atom stereocenters. The van der Waals surface area contributed by atoms with Crippen LogP contribution in [0.4, 0.5) is 13.2 Å². The van der Waals surface area contributed by atoms with E-state index >= 15 is 0 Å². The highest BCUT2D eigenvalue weighted by Gasteiger charge is 2.52. The molecule has 66 valence electrons. The van der Waals surface area contributed by atoms with Gasteiger partial charge in [0, 0.05) is 7.05 Å². The lowest BCUT2D eigenvalue weighted by atomic mass is 9.92. The van der Waals surface area contributed by atoms with Gasteiger partial charge in [0.2, 0.25) is 5.91 Å². The van der Waals surface area contributed by atoms with Crippen molar-refractivity contribution in [3.8, 4) is 0 Å². The van der Waals surface area contributed by atoms with Crippen LogP contribution >= 0.6 is 0 Å². The van der Waals surface area contributed by atoms with Crippen LogP contribution in [0.1, 0.15) is 13.8 Å². The van der Waals surface area contributed by atoms with Crippen molar-refractivity contribution >= 4 is 5.91 Å². The number of hydrogen-bond acceptors (Lipinski definition) is 1. The van der Waals surface area contributed by atoms with E-state index in [0.29, 0.717) is 0 Å². The molecule has 2 nitrogen and oxygen atoms in total. The van der Waals surface area contributed by atoms with E-state index in [9.17, 15) is 18.0 Å². The Kier molecular flexibility index (Phi) is 2.53. The normalized spacial score (nSPS) is 12.9. The number of rotatable bonds is 1. The molecule has 0 atom stereocenters. The second-order valence-corrected chi connectivity index (χ2v) is 2.70. The number of nitrogens with one attached hydrogen (secondary N) is 1. The number of halogens is 3. The predicted molar refractivity (Wildman–Crippen MR) is 33.9 cm³/mol. The van der Waals surface area contributed by atoms with E-state index in [4.69, 9.17) is 0 Å². The van der Waals surface area contributed by atoms with Gasteiger partial charge in [0.05, 0.1) is 0 Å². The summed E-state index contributed by atoms with van der Waals surface area (Å²) in [7, 11) is 1.18. The van der Waals surface area contributed by atoms with Crippen LogP contribution in [0.25, 0.3) is 0 Å². The Morgan fingerprint density at radius 2 is 1.64 bits per heavy atom. The summed E-state index contributed by atoms with van der Waals surface area (Å²) in [4.78, 5) is 10.6. The first kappa shape index (κ1) is 10.3. The third-order valence-electron chi connectivity index (χ3n) is 1.50. The molecule has 5 heteroatoms. The van der Waals surface area contributed by atoms with E-state index in [1.807, 2.05) is 5.32 Å². The molecule has 0 radical (unpaired) electrons. The predicted octanol–water partition coefficient (Wildman–Crippen LogP) is 1.32. The smallest absolute Gasteiger partial charge is 0.358 e. The highest BCUT2D eigenvalue weighted by atomic mass is 19.4. The van der Waals surface area contributed by atoms with Crippen molar-refractivity contribution in [2.75, 3.05) is 7.05 Å². The van der Waals surface area contributed by atoms with Gasteiger partial charge in [-0.05, 0) is 13.8 Å². The molecule has 0 heterocycles. The Hall–Kier alpha value is -0.740. The zero-order valence-electron chi connectivity index (χ0n) is 6.54. The maximum absolute atomic E-state index is 12.0. The van der Waals surface area contributed by atoms with Gasteiger partial charge in [0.25, 0.3) is 0 Å². The summed E-state index contributed by atoms with van der Waals surface area (Å²) in [6.07, 6.45) is -4.49. The minimum absolute atomic E-state index is 0.839. The average Bonchev–Trinajstić information content (AvgIpc) is 1.83. The fourth-order valence-corrected chi connectivity index (χ4v) is 0.441. The van der Waals surface area contributed by atoms with Crippen LogP contribution in [0.5, 0.6) is 0 Å². The lowest BCUT2D eigenvalue weighted by molar-refractivity contribution is -0.211. The minimum atomic E-state index is -4.49. The van der Waals surface area contributed by atoms with Crippen molar-refractivity contribution in [1.82, 2.24) is 5.32 Å². The summed E-state index contributed by atoms with van der Waals surface area (Å²) in [5.74, 6) is -1.02. The largest absolute Gasteiger partial charge is 0.402 e. The van der Waals surface area contributed by atoms with Crippen molar-refractivity contribution in [1.29, 1.82) is 0 Å². The number of carbonyl (C=O) groups excluding carboxylic acids is 1. The fourth-order valence-electron chi connectivity index (χ4n) is 0.441. The summed E-state index contributed by atoms with van der Waals surface area (Å²) < 4.78 is 36.0. The van der Waals surface area contributed by atoms with Gasteiger partial charge in [-0.3, -0.25) is 4.79 Å². The molecule has 0 bridgehead atoms. The summed E-state index contributed by atoms with van der Waals surface area (Å²) in [5, 5.41) is 1.95. The van der Waals surface area contributed by atoms with Gasteiger partial charge < -0.3 is 5.32 Å². The lowest BCUT2D eigenvalue weighted by Gasteiger charge is -2.25.